The highest BCUT2D eigenvalue weighted by molar-refractivity contribution is 5.93. The number of aromatic amines is 1. The molecule has 2 heterocycles. The third kappa shape index (κ3) is 2.09. The van der Waals surface area contributed by atoms with E-state index in [0.29, 0.717) is 22.8 Å². The van der Waals surface area contributed by atoms with Crippen molar-refractivity contribution in [2.45, 2.75) is 0 Å². The zero-order chi connectivity index (χ0) is 14.9. The van der Waals surface area contributed by atoms with Crippen LogP contribution in [0.1, 0.15) is 11.4 Å². The van der Waals surface area contributed by atoms with E-state index in [1.807, 2.05) is 30.4 Å². The molecule has 4 rings (SSSR count). The highest BCUT2D eigenvalue weighted by Crippen LogP contribution is 2.21. The summed E-state index contributed by atoms with van der Waals surface area (Å²) in [5.74, 6) is 1.11. The molecular formula is C17H13N5. The van der Waals surface area contributed by atoms with Crippen molar-refractivity contribution < 1.29 is 0 Å². The predicted molar refractivity (Wildman–Crippen MR) is 89.0 cm³/mol. The highest BCUT2D eigenvalue weighted by Gasteiger charge is 2.05. The van der Waals surface area contributed by atoms with Gasteiger partial charge in [0.2, 0.25) is 0 Å². The van der Waals surface area contributed by atoms with E-state index in [2.05, 4.69) is 44.2 Å². The summed E-state index contributed by atoms with van der Waals surface area (Å²) in [6.07, 6.45) is 5.36. The van der Waals surface area contributed by atoms with E-state index < -0.39 is 0 Å². The molecule has 0 bridgehead atoms. The topological polar surface area (TPSA) is 80.5 Å². The maximum Gasteiger partial charge on any atom is 0.183 e. The fourth-order valence-electron chi connectivity index (χ4n) is 2.51. The number of anilines is 1. The van der Waals surface area contributed by atoms with Crippen molar-refractivity contribution in [1.29, 1.82) is 0 Å². The number of rotatable bonds is 2. The molecule has 0 amide bonds. The summed E-state index contributed by atoms with van der Waals surface area (Å²) < 4.78 is 0. The maximum absolute atomic E-state index is 5.80. The SMILES string of the molecule is Nc1ncnc2nc(C=Cc3cccc4ccccc34)[nH]c12. The number of nitrogens with one attached hydrogen (secondary N) is 1. The predicted octanol–water partition coefficient (Wildman–Crippen LogP) is 3.26. The average Bonchev–Trinajstić information content (AvgIpc) is 2.97. The van der Waals surface area contributed by atoms with Crippen LogP contribution in [-0.2, 0) is 0 Å². The van der Waals surface area contributed by atoms with Crippen LogP contribution in [0, 0.1) is 0 Å². The number of nitrogens with zero attached hydrogens (tertiary/aromatic N) is 3. The van der Waals surface area contributed by atoms with E-state index in [1.165, 1.54) is 17.1 Å². The largest absolute Gasteiger partial charge is 0.382 e. The van der Waals surface area contributed by atoms with Gasteiger partial charge in [-0.25, -0.2) is 15.0 Å². The van der Waals surface area contributed by atoms with Gasteiger partial charge in [0.1, 0.15) is 17.7 Å². The van der Waals surface area contributed by atoms with Gasteiger partial charge in [0, 0.05) is 0 Å². The molecule has 0 saturated heterocycles. The number of hydrogen-bond acceptors (Lipinski definition) is 4. The van der Waals surface area contributed by atoms with Gasteiger partial charge in [0.25, 0.3) is 0 Å². The number of benzene rings is 2. The molecule has 22 heavy (non-hydrogen) atoms. The molecule has 2 aromatic carbocycles. The van der Waals surface area contributed by atoms with Gasteiger partial charge in [0.15, 0.2) is 11.5 Å². The highest BCUT2D eigenvalue weighted by atomic mass is 15.0. The number of hydrogen-bond donors (Lipinski definition) is 2. The van der Waals surface area contributed by atoms with Crippen LogP contribution in [0.5, 0.6) is 0 Å². The van der Waals surface area contributed by atoms with E-state index in [1.54, 1.807) is 0 Å². The third-order valence-corrected chi connectivity index (χ3v) is 3.58. The van der Waals surface area contributed by atoms with Crippen molar-refractivity contribution in [3.63, 3.8) is 0 Å². The van der Waals surface area contributed by atoms with Crippen molar-refractivity contribution in [3.05, 3.63) is 60.2 Å². The van der Waals surface area contributed by atoms with Gasteiger partial charge in [-0.15, -0.1) is 0 Å². The lowest BCUT2D eigenvalue weighted by atomic mass is 10.0. The van der Waals surface area contributed by atoms with Gasteiger partial charge >= 0.3 is 0 Å². The molecule has 0 fully saturated rings. The minimum absolute atomic E-state index is 0.405. The van der Waals surface area contributed by atoms with Gasteiger partial charge in [-0.2, -0.15) is 0 Å². The molecule has 3 N–H and O–H groups in total. The zero-order valence-corrected chi connectivity index (χ0v) is 11.7. The zero-order valence-electron chi connectivity index (χ0n) is 11.7. The molecule has 0 spiro atoms. The van der Waals surface area contributed by atoms with Crippen LogP contribution in [0.4, 0.5) is 5.82 Å². The van der Waals surface area contributed by atoms with Gasteiger partial charge < -0.3 is 10.7 Å². The average molecular weight is 287 g/mol. The normalized spacial score (nSPS) is 11.6. The van der Waals surface area contributed by atoms with Crippen molar-refractivity contribution >= 4 is 39.9 Å². The number of H-pyrrole nitrogens is 1. The van der Waals surface area contributed by atoms with Crippen molar-refractivity contribution in [3.8, 4) is 0 Å². The van der Waals surface area contributed by atoms with Crippen molar-refractivity contribution in [2.24, 2.45) is 0 Å². The Morgan fingerprint density at radius 1 is 0.955 bits per heavy atom. The molecule has 106 valence electrons. The monoisotopic (exact) mass is 287 g/mol. The molecule has 5 heteroatoms. The second-order valence-corrected chi connectivity index (χ2v) is 4.98. The first-order valence-electron chi connectivity index (χ1n) is 6.93. The van der Waals surface area contributed by atoms with Gasteiger partial charge in [0.05, 0.1) is 0 Å². The summed E-state index contributed by atoms with van der Waals surface area (Å²) in [5.41, 5.74) is 8.18. The Morgan fingerprint density at radius 3 is 2.73 bits per heavy atom. The molecule has 5 nitrogen and oxygen atoms in total. The lowest BCUT2D eigenvalue weighted by Crippen LogP contribution is -1.91. The smallest absolute Gasteiger partial charge is 0.183 e. The molecular weight excluding hydrogens is 274 g/mol. The Balaban J connectivity index is 1.77. The third-order valence-electron chi connectivity index (χ3n) is 3.58. The van der Waals surface area contributed by atoms with E-state index in [4.69, 9.17) is 5.73 Å². The van der Waals surface area contributed by atoms with E-state index in [-0.39, 0.29) is 0 Å². The number of fused-ring (bicyclic) bond motifs is 2. The van der Waals surface area contributed by atoms with Crippen molar-refractivity contribution in [2.75, 3.05) is 5.73 Å². The van der Waals surface area contributed by atoms with Crippen LogP contribution >= 0.6 is 0 Å². The number of aromatic nitrogens is 4. The second kappa shape index (κ2) is 4.96. The molecule has 0 unspecified atom stereocenters. The molecule has 0 aliphatic heterocycles. The molecule has 4 aromatic rings. The Labute approximate surface area is 126 Å². The summed E-state index contributed by atoms with van der Waals surface area (Å²) in [7, 11) is 0. The molecule has 0 aliphatic carbocycles. The summed E-state index contributed by atoms with van der Waals surface area (Å²) in [4.78, 5) is 15.6. The molecule has 2 aromatic heterocycles. The van der Waals surface area contributed by atoms with E-state index in [0.717, 1.165) is 5.56 Å². The number of nitrogen functional groups attached to an aromatic ring is 1. The van der Waals surface area contributed by atoms with Gasteiger partial charge in [-0.1, -0.05) is 48.5 Å². The Bertz CT molecular complexity index is 995. The minimum atomic E-state index is 0.405. The van der Waals surface area contributed by atoms with Crippen LogP contribution < -0.4 is 5.73 Å². The fourth-order valence-corrected chi connectivity index (χ4v) is 2.51. The Hall–Kier alpha value is -3.21. The summed E-state index contributed by atoms with van der Waals surface area (Å²) in [6, 6.07) is 14.5. The summed E-state index contributed by atoms with van der Waals surface area (Å²) in [6.45, 7) is 0. The fraction of sp³-hybridized carbons (Fsp3) is 0. The summed E-state index contributed by atoms with van der Waals surface area (Å²) in [5, 5.41) is 2.42. The van der Waals surface area contributed by atoms with E-state index in [9.17, 15) is 0 Å². The lowest BCUT2D eigenvalue weighted by Gasteiger charge is -2.01. The molecule has 0 atom stereocenters. The van der Waals surface area contributed by atoms with Crippen LogP contribution in [-0.4, -0.2) is 19.9 Å². The number of imidazole rings is 1. The van der Waals surface area contributed by atoms with Crippen LogP contribution in [0.2, 0.25) is 0 Å². The van der Waals surface area contributed by atoms with Crippen LogP contribution in [0.3, 0.4) is 0 Å². The first-order valence-corrected chi connectivity index (χ1v) is 6.93. The second-order valence-electron chi connectivity index (χ2n) is 4.98. The van der Waals surface area contributed by atoms with Crippen molar-refractivity contribution in [1.82, 2.24) is 19.9 Å². The molecule has 0 saturated carbocycles. The Morgan fingerprint density at radius 2 is 1.82 bits per heavy atom. The quantitative estimate of drug-likeness (QED) is 0.593. The van der Waals surface area contributed by atoms with Crippen LogP contribution in [0.25, 0.3) is 34.1 Å². The van der Waals surface area contributed by atoms with Gasteiger partial charge in [-0.3, -0.25) is 0 Å². The van der Waals surface area contributed by atoms with E-state index >= 15 is 0 Å². The Kier molecular flexibility index (Phi) is 2.83. The van der Waals surface area contributed by atoms with Crippen LogP contribution in [0.15, 0.2) is 48.8 Å². The number of nitrogens with two attached hydrogens (primary N) is 1. The molecule has 0 aliphatic rings. The van der Waals surface area contributed by atoms with Gasteiger partial charge in [-0.05, 0) is 22.4 Å². The minimum Gasteiger partial charge on any atom is -0.382 e. The standard InChI is InChI=1S/C17H13N5/c18-16-15-17(20-10-19-16)22-14(21-15)9-8-12-6-3-5-11-4-1-2-7-13(11)12/h1-10H,(H3,18,19,20,21,22). The maximum atomic E-state index is 5.80. The first-order chi connectivity index (χ1) is 10.8. The lowest BCUT2D eigenvalue weighted by molar-refractivity contribution is 1.20. The first kappa shape index (κ1) is 12.5. The summed E-state index contributed by atoms with van der Waals surface area (Å²) >= 11 is 0. The molecule has 0 radical (unpaired) electrons.